The van der Waals surface area contributed by atoms with E-state index in [2.05, 4.69) is 0 Å². The van der Waals surface area contributed by atoms with Crippen LogP contribution in [0.4, 0.5) is 0 Å². The van der Waals surface area contributed by atoms with Gasteiger partial charge in [-0.3, -0.25) is 28.3 Å². The second-order valence-electron chi connectivity index (χ2n) is 21.0. The number of benzene rings is 2. The number of para-hydroxylation sites is 2. The smallest absolute Gasteiger partial charge is 0.380 e. The van der Waals surface area contributed by atoms with Gasteiger partial charge >= 0.3 is 26.3 Å². The van der Waals surface area contributed by atoms with E-state index in [1.807, 2.05) is 38.3 Å². The average molecular weight is 1180 g/mol. The number of aliphatic hydroxyl groups excluding tert-OH is 1. The second-order valence-corrected chi connectivity index (χ2v) is 26.3. The minimum atomic E-state index is -3.87. The van der Waals surface area contributed by atoms with Crippen molar-refractivity contribution < 1.29 is 84.9 Å². The zero-order chi connectivity index (χ0) is 58.0. The Kier molecular flexibility index (Phi) is 23.2. The van der Waals surface area contributed by atoms with Gasteiger partial charge in [0.2, 0.25) is 11.8 Å². The van der Waals surface area contributed by atoms with Gasteiger partial charge in [-0.2, -0.15) is 0 Å². The van der Waals surface area contributed by atoms with E-state index in [0.29, 0.717) is 35.5 Å². The zero-order valence-electron chi connectivity index (χ0n) is 46.1. The molecule has 6 aliphatic rings. The van der Waals surface area contributed by atoms with Gasteiger partial charge in [0.15, 0.2) is 24.0 Å². The van der Waals surface area contributed by atoms with Gasteiger partial charge < -0.3 is 73.3 Å². The first-order valence-corrected chi connectivity index (χ1v) is 30.5. The number of esters is 2. The van der Waals surface area contributed by atoms with Crippen molar-refractivity contribution in [3.63, 3.8) is 0 Å². The van der Waals surface area contributed by atoms with Crippen LogP contribution in [0.2, 0.25) is 0 Å². The first kappa shape index (κ1) is 65.7. The molecular formula is C55H79ClN4O18P2. The lowest BCUT2D eigenvalue weighted by Gasteiger charge is -2.31. The van der Waals surface area contributed by atoms with Crippen molar-refractivity contribution in [3.05, 3.63) is 109 Å². The predicted molar refractivity (Wildman–Crippen MR) is 296 cm³/mol. The fourth-order valence-corrected chi connectivity index (χ4v) is 13.1. The van der Waals surface area contributed by atoms with Crippen molar-refractivity contribution in [3.8, 4) is 11.5 Å². The molecule has 4 unspecified atom stereocenters. The summed E-state index contributed by atoms with van der Waals surface area (Å²) in [6.07, 6.45) is 6.68. The van der Waals surface area contributed by atoms with Gasteiger partial charge in [-0.1, -0.05) is 69.8 Å². The van der Waals surface area contributed by atoms with Crippen molar-refractivity contribution >= 4 is 49.3 Å². The first-order chi connectivity index (χ1) is 37.1. The van der Waals surface area contributed by atoms with Crippen LogP contribution >= 0.6 is 25.6 Å². The molecule has 0 aliphatic carbocycles. The van der Waals surface area contributed by atoms with Gasteiger partial charge in [-0.25, -0.2) is 4.57 Å². The van der Waals surface area contributed by atoms with Crippen molar-refractivity contribution in [2.24, 2.45) is 23.3 Å². The number of allylic oxidation sites excluding steroid dienone is 2. The lowest BCUT2D eigenvalue weighted by molar-refractivity contribution is -0.201. The monoisotopic (exact) mass is 1180 g/mol. The van der Waals surface area contributed by atoms with Crippen LogP contribution in [0.5, 0.6) is 11.5 Å². The lowest BCUT2D eigenvalue weighted by atomic mass is 10.1. The van der Waals surface area contributed by atoms with Crippen LogP contribution in [0, 0.1) is 11.8 Å². The minimum Gasteiger partial charge on any atom is -0.463 e. The van der Waals surface area contributed by atoms with Crippen LogP contribution in [-0.2, 0) is 70.7 Å². The Morgan fingerprint density at radius 3 is 1.48 bits per heavy atom. The van der Waals surface area contributed by atoms with Crippen molar-refractivity contribution in [1.82, 2.24) is 9.80 Å². The normalized spacial score (nSPS) is 27.2. The third-order valence-electron chi connectivity index (χ3n) is 12.4. The van der Waals surface area contributed by atoms with Crippen LogP contribution in [0.15, 0.2) is 109 Å². The molecule has 0 spiro atoms. The highest BCUT2D eigenvalue weighted by Gasteiger charge is 2.58. The van der Waals surface area contributed by atoms with E-state index in [-0.39, 0.29) is 57.4 Å². The predicted octanol–water partition coefficient (Wildman–Crippen LogP) is 8.23. The SMILES string of the molecule is C.CC(C)OC(=O)[C@H](C)CP(=O)(Cl)Oc1ccccc1.CC(C)OC(=O)[C@H](C)CP(=O)(OCC1O[C@@H](N2C=CCC(C(N)=O)=C2)[C@@H]2OC(C)(C)O[C@H]12)Oc1ccccc1.CC1(C)O[C@@H]2[C@H](O1)C(CO)O[C@H]2N1C=CCC(C(N)=O)=C1. The molecule has 444 valence electrons. The highest BCUT2D eigenvalue weighted by Crippen LogP contribution is 2.54. The summed E-state index contributed by atoms with van der Waals surface area (Å²) >= 11 is 5.87. The number of amides is 2. The van der Waals surface area contributed by atoms with Crippen molar-refractivity contribution in [2.45, 2.75) is 162 Å². The summed E-state index contributed by atoms with van der Waals surface area (Å²) in [7, 11) is -3.87. The third kappa shape index (κ3) is 18.5. The summed E-state index contributed by atoms with van der Waals surface area (Å²) in [4.78, 5) is 50.7. The Hall–Kier alpha value is -5.09. The highest BCUT2D eigenvalue weighted by molar-refractivity contribution is 7.85. The molecule has 22 nitrogen and oxygen atoms in total. The molecule has 8 rings (SSSR count). The van der Waals surface area contributed by atoms with Gasteiger partial charge in [-0.05, 0) is 104 Å². The zero-order valence-corrected chi connectivity index (χ0v) is 48.7. The number of hydrogen-bond acceptors (Lipinski definition) is 20. The van der Waals surface area contributed by atoms with Crippen LogP contribution in [-0.4, -0.2) is 137 Å². The molecule has 6 heterocycles. The number of nitrogens with two attached hydrogens (primary N) is 2. The standard InChI is InChI=1S/C27H37N2O9P.C14H20N2O5.C13H18ClO4P.CH4/c1-17(2)34-26(31)18(3)16-39(32,38-20-11-7-6-8-12-20)33-15-21-22-23(37-27(4,5)36-22)25(35-21)29-13-9-10-19(14-29)24(28)30;1-14(2)20-10-9(7-17)19-13(11(10)21-14)16-5-3-4-8(6-16)12(15)18;1-10(2)17-13(15)11(3)9-19(14,16)18-12-7-5-4-6-8-12;/h6-9,11-14,17-18,21-23,25H,10,15-16H2,1-5H3,(H2,28,30);3,5-6,9-11,13,17H,4,7H2,1-2H3,(H2,15,18);4-8,10-11H,9H2,1-3H3;1H4/t18-,21?,22-,23-,25-,39?;9?,10-,11-,13-;11-,19?;/m111./s1. The maximum atomic E-state index is 14.0. The maximum Gasteiger partial charge on any atom is 0.380 e. The number of halogens is 1. The molecule has 12 atom stereocenters. The summed E-state index contributed by atoms with van der Waals surface area (Å²) in [6, 6.07) is 17.3. The number of rotatable bonds is 20. The van der Waals surface area contributed by atoms with Crippen LogP contribution in [0.3, 0.4) is 0 Å². The Morgan fingerprint density at radius 1 is 0.650 bits per heavy atom. The largest absolute Gasteiger partial charge is 0.463 e. The molecule has 0 bridgehead atoms. The molecule has 0 aromatic heterocycles. The summed E-state index contributed by atoms with van der Waals surface area (Å²) in [5.74, 6) is -4.07. The van der Waals surface area contributed by atoms with E-state index in [4.69, 9.17) is 74.2 Å². The quantitative estimate of drug-likeness (QED) is 0.0831. The van der Waals surface area contributed by atoms with Gasteiger partial charge in [0.05, 0.1) is 49.6 Å². The van der Waals surface area contributed by atoms with Gasteiger partial charge in [0, 0.05) is 35.9 Å². The fraction of sp³-hybridized carbons (Fsp3) is 0.564. The molecule has 2 amide bonds. The topological polar surface area (TPSA) is 283 Å². The lowest BCUT2D eigenvalue weighted by Crippen LogP contribution is -2.40. The first-order valence-electron chi connectivity index (χ1n) is 26.0. The van der Waals surface area contributed by atoms with E-state index < -0.39 is 98.4 Å². The molecule has 4 saturated heterocycles. The van der Waals surface area contributed by atoms with Crippen molar-refractivity contribution in [2.75, 3.05) is 25.5 Å². The van der Waals surface area contributed by atoms with E-state index in [0.717, 1.165) is 0 Å². The molecule has 2 aromatic rings. The molecule has 80 heavy (non-hydrogen) atoms. The Balaban J connectivity index is 0.000000242. The van der Waals surface area contributed by atoms with E-state index >= 15 is 0 Å². The van der Waals surface area contributed by atoms with Gasteiger partial charge in [0.1, 0.15) is 48.1 Å². The molecule has 6 aliphatic heterocycles. The van der Waals surface area contributed by atoms with E-state index in [9.17, 15) is 33.4 Å². The number of nitrogens with zero attached hydrogens (tertiary/aromatic N) is 2. The van der Waals surface area contributed by atoms with Crippen LogP contribution < -0.4 is 20.5 Å². The summed E-state index contributed by atoms with van der Waals surface area (Å²) in [5.41, 5.74) is 11.7. The molecule has 5 N–H and O–H groups in total. The molecule has 0 radical (unpaired) electrons. The van der Waals surface area contributed by atoms with E-state index in [1.54, 1.807) is 138 Å². The van der Waals surface area contributed by atoms with Gasteiger partial charge in [0.25, 0.3) is 0 Å². The molecule has 0 saturated carbocycles. The highest BCUT2D eigenvalue weighted by atomic mass is 35.7. The number of carbonyl (C=O) groups is 4. The molecule has 2 aromatic carbocycles. The Labute approximate surface area is 473 Å². The molecule has 25 heteroatoms. The maximum absolute atomic E-state index is 14.0. The van der Waals surface area contributed by atoms with Crippen LogP contribution in [0.1, 0.15) is 89.5 Å². The summed E-state index contributed by atoms with van der Waals surface area (Å²) in [5, 5.41) is 9.45. The van der Waals surface area contributed by atoms with Gasteiger partial charge in [-0.15, -0.1) is 0 Å². The fourth-order valence-electron chi connectivity index (χ4n) is 9.01. The number of ether oxygens (including phenoxy) is 8. The second kappa shape index (κ2) is 28.3. The molecular weight excluding hydrogens is 1100 g/mol. The average Bonchev–Trinajstić information content (AvgIpc) is 4.08. The third-order valence-corrected chi connectivity index (χ3v) is 16.5. The Morgan fingerprint density at radius 2 is 1.05 bits per heavy atom. The number of fused-ring (bicyclic) bond motifs is 2. The molecule has 4 fully saturated rings. The minimum absolute atomic E-state index is 0. The summed E-state index contributed by atoms with van der Waals surface area (Å²) < 4.78 is 89.5. The van der Waals surface area contributed by atoms with E-state index in [1.165, 1.54) is 0 Å². The number of carbonyl (C=O) groups excluding carboxylic acids is 4. The van der Waals surface area contributed by atoms with Crippen molar-refractivity contribution in [1.29, 1.82) is 0 Å². The van der Waals surface area contributed by atoms with Crippen LogP contribution in [0.25, 0.3) is 0 Å². The Bertz CT molecular complexity index is 2660. The summed E-state index contributed by atoms with van der Waals surface area (Å²) in [6.45, 7) is 13.8. The number of primary amides is 2. The number of hydrogen-bond donors (Lipinski definition) is 3. The number of aliphatic hydroxyl groups is 1.